The molecule has 3 rings (SSSR count). The van der Waals surface area contributed by atoms with Crippen LogP contribution >= 0.6 is 15.9 Å². The molecular formula is C12H15BrO. The predicted molar refractivity (Wildman–Crippen MR) is 59.9 cm³/mol. The van der Waals surface area contributed by atoms with Gasteiger partial charge in [0.05, 0.1) is 0 Å². The third-order valence-corrected chi connectivity index (χ3v) is 4.44. The van der Waals surface area contributed by atoms with Gasteiger partial charge in [-0.1, -0.05) is 22.9 Å². The van der Waals surface area contributed by atoms with Crippen LogP contribution in [-0.2, 0) is 0 Å². The largest absolute Gasteiger partial charge is 0.465 e. The van der Waals surface area contributed by atoms with Crippen LogP contribution in [0.15, 0.2) is 16.5 Å². The number of hydrogen-bond donors (Lipinski definition) is 0. The van der Waals surface area contributed by atoms with Gasteiger partial charge in [-0.25, -0.2) is 0 Å². The van der Waals surface area contributed by atoms with Crippen molar-refractivity contribution in [3.05, 3.63) is 23.7 Å². The zero-order valence-corrected chi connectivity index (χ0v) is 9.96. The number of rotatable bonds is 3. The van der Waals surface area contributed by atoms with Crippen LogP contribution in [0.5, 0.6) is 0 Å². The Morgan fingerprint density at radius 1 is 1.29 bits per heavy atom. The molecule has 0 radical (unpaired) electrons. The summed E-state index contributed by atoms with van der Waals surface area (Å²) in [6.45, 7) is 2.30. The van der Waals surface area contributed by atoms with Gasteiger partial charge in [-0.3, -0.25) is 0 Å². The van der Waals surface area contributed by atoms with Crippen LogP contribution in [0.1, 0.15) is 43.1 Å². The zero-order valence-electron chi connectivity index (χ0n) is 8.37. The van der Waals surface area contributed by atoms with Crippen molar-refractivity contribution in [3.63, 3.8) is 0 Å². The fourth-order valence-electron chi connectivity index (χ4n) is 2.25. The average molecular weight is 255 g/mol. The lowest BCUT2D eigenvalue weighted by molar-refractivity contribution is 0.459. The van der Waals surface area contributed by atoms with Gasteiger partial charge < -0.3 is 4.42 Å². The van der Waals surface area contributed by atoms with Crippen molar-refractivity contribution >= 4 is 15.9 Å². The van der Waals surface area contributed by atoms with E-state index >= 15 is 0 Å². The van der Waals surface area contributed by atoms with Gasteiger partial charge in [0.15, 0.2) is 0 Å². The van der Waals surface area contributed by atoms with E-state index in [-0.39, 0.29) is 0 Å². The predicted octanol–water partition coefficient (Wildman–Crippen LogP) is 3.90. The minimum Gasteiger partial charge on any atom is -0.465 e. The van der Waals surface area contributed by atoms with Crippen molar-refractivity contribution in [2.24, 2.45) is 11.8 Å². The monoisotopic (exact) mass is 254 g/mol. The van der Waals surface area contributed by atoms with Gasteiger partial charge in [-0.15, -0.1) is 0 Å². The SMILES string of the molecule is CC1CC1c1ccc(C2CC2CBr)o1. The van der Waals surface area contributed by atoms with Crippen LogP contribution in [0.25, 0.3) is 0 Å². The van der Waals surface area contributed by atoms with Crippen LogP contribution in [0.2, 0.25) is 0 Å². The maximum atomic E-state index is 5.91. The summed E-state index contributed by atoms with van der Waals surface area (Å²) in [5, 5.41) is 1.12. The molecule has 1 nitrogen and oxygen atoms in total. The van der Waals surface area contributed by atoms with E-state index in [2.05, 4.69) is 35.0 Å². The normalized spacial score (nSPS) is 39.9. The van der Waals surface area contributed by atoms with Gasteiger partial charge in [-0.05, 0) is 36.8 Å². The Morgan fingerprint density at radius 3 is 2.43 bits per heavy atom. The second-order valence-corrected chi connectivity index (χ2v) is 5.46. The second kappa shape index (κ2) is 3.13. The Morgan fingerprint density at radius 2 is 1.93 bits per heavy atom. The van der Waals surface area contributed by atoms with E-state index in [1.54, 1.807) is 0 Å². The molecule has 0 aromatic carbocycles. The van der Waals surface area contributed by atoms with E-state index in [0.29, 0.717) is 5.92 Å². The molecule has 0 spiro atoms. The highest BCUT2D eigenvalue weighted by Crippen LogP contribution is 2.52. The fraction of sp³-hybridized carbons (Fsp3) is 0.667. The van der Waals surface area contributed by atoms with Crippen molar-refractivity contribution in [1.82, 2.24) is 0 Å². The van der Waals surface area contributed by atoms with Crippen molar-refractivity contribution in [3.8, 4) is 0 Å². The molecule has 0 amide bonds. The first-order valence-electron chi connectivity index (χ1n) is 5.45. The molecule has 1 aromatic heterocycles. The van der Waals surface area contributed by atoms with Gasteiger partial charge in [0.1, 0.15) is 11.5 Å². The maximum absolute atomic E-state index is 5.91. The van der Waals surface area contributed by atoms with E-state index in [1.165, 1.54) is 24.4 Å². The Bertz CT molecular complexity index is 344. The van der Waals surface area contributed by atoms with E-state index in [0.717, 1.165) is 23.1 Å². The first-order valence-corrected chi connectivity index (χ1v) is 6.57. The van der Waals surface area contributed by atoms with Crippen molar-refractivity contribution in [1.29, 1.82) is 0 Å². The molecule has 1 heterocycles. The topological polar surface area (TPSA) is 13.1 Å². The summed E-state index contributed by atoms with van der Waals surface area (Å²) >= 11 is 3.53. The Balaban J connectivity index is 1.72. The van der Waals surface area contributed by atoms with Crippen molar-refractivity contribution in [2.75, 3.05) is 5.33 Å². The van der Waals surface area contributed by atoms with E-state index in [4.69, 9.17) is 4.42 Å². The third-order valence-electron chi connectivity index (χ3n) is 3.61. The molecule has 14 heavy (non-hydrogen) atoms. The van der Waals surface area contributed by atoms with E-state index < -0.39 is 0 Å². The Hall–Kier alpha value is -0.240. The van der Waals surface area contributed by atoms with E-state index in [9.17, 15) is 0 Å². The molecule has 76 valence electrons. The van der Waals surface area contributed by atoms with Gasteiger partial charge in [-0.2, -0.15) is 0 Å². The highest BCUT2D eigenvalue weighted by Gasteiger charge is 2.41. The first-order chi connectivity index (χ1) is 6.79. The maximum Gasteiger partial charge on any atom is 0.107 e. The smallest absolute Gasteiger partial charge is 0.107 e. The summed E-state index contributed by atoms with van der Waals surface area (Å²) in [5.41, 5.74) is 0. The Kier molecular flexibility index (Phi) is 2.01. The minimum atomic E-state index is 0.706. The molecule has 0 saturated heterocycles. The number of furan rings is 1. The molecule has 2 fully saturated rings. The average Bonchev–Trinajstić information content (AvgIpc) is 3.07. The molecule has 2 saturated carbocycles. The summed E-state index contributed by atoms with van der Waals surface area (Å²) in [7, 11) is 0. The second-order valence-electron chi connectivity index (χ2n) is 4.82. The highest BCUT2D eigenvalue weighted by atomic mass is 79.9. The molecule has 2 aliphatic rings. The van der Waals surface area contributed by atoms with Crippen LogP contribution in [0, 0.1) is 11.8 Å². The number of halogens is 1. The summed E-state index contributed by atoms with van der Waals surface area (Å²) in [5.74, 6) is 5.56. The summed E-state index contributed by atoms with van der Waals surface area (Å²) in [6, 6.07) is 4.38. The molecule has 0 N–H and O–H groups in total. The van der Waals surface area contributed by atoms with Crippen LogP contribution < -0.4 is 0 Å². The lowest BCUT2D eigenvalue weighted by Gasteiger charge is -1.93. The van der Waals surface area contributed by atoms with Crippen LogP contribution in [-0.4, -0.2) is 5.33 Å². The molecule has 4 atom stereocenters. The first kappa shape index (κ1) is 9.02. The third kappa shape index (κ3) is 1.44. The molecule has 2 aliphatic carbocycles. The van der Waals surface area contributed by atoms with Crippen LogP contribution in [0.4, 0.5) is 0 Å². The fourth-order valence-corrected chi connectivity index (χ4v) is 2.97. The van der Waals surface area contributed by atoms with Gasteiger partial charge >= 0.3 is 0 Å². The lowest BCUT2D eigenvalue weighted by atomic mass is 10.2. The van der Waals surface area contributed by atoms with Crippen molar-refractivity contribution in [2.45, 2.75) is 31.6 Å². The standard InChI is InChI=1S/C12H15BrO/c1-7-4-9(7)11-2-3-12(14-11)10-5-8(10)6-13/h2-3,7-10H,4-6H2,1H3. The minimum absolute atomic E-state index is 0.706. The number of hydrogen-bond acceptors (Lipinski definition) is 1. The van der Waals surface area contributed by atoms with Gasteiger partial charge in [0.2, 0.25) is 0 Å². The quantitative estimate of drug-likeness (QED) is 0.746. The molecule has 1 aromatic rings. The summed E-state index contributed by atoms with van der Waals surface area (Å²) < 4.78 is 5.91. The van der Waals surface area contributed by atoms with Gasteiger partial charge in [0, 0.05) is 17.2 Å². The molecule has 0 aliphatic heterocycles. The highest BCUT2D eigenvalue weighted by molar-refractivity contribution is 9.09. The van der Waals surface area contributed by atoms with Crippen molar-refractivity contribution < 1.29 is 4.42 Å². The molecule has 4 unspecified atom stereocenters. The summed E-state index contributed by atoms with van der Waals surface area (Å²) in [4.78, 5) is 0. The van der Waals surface area contributed by atoms with E-state index in [1.807, 2.05) is 0 Å². The Labute approximate surface area is 93.0 Å². The molecule has 2 heteroatoms. The summed E-state index contributed by atoms with van der Waals surface area (Å²) in [6.07, 6.45) is 2.62. The molecule has 0 bridgehead atoms. The zero-order chi connectivity index (χ0) is 9.71. The molecular weight excluding hydrogens is 240 g/mol. The lowest BCUT2D eigenvalue weighted by Crippen LogP contribution is -1.81. The number of alkyl halides is 1. The van der Waals surface area contributed by atoms with Crippen LogP contribution in [0.3, 0.4) is 0 Å². The van der Waals surface area contributed by atoms with Gasteiger partial charge in [0.25, 0.3) is 0 Å².